The summed E-state index contributed by atoms with van der Waals surface area (Å²) in [5.41, 5.74) is 1.36. The summed E-state index contributed by atoms with van der Waals surface area (Å²) in [4.78, 5) is 2.37. The fourth-order valence-electron chi connectivity index (χ4n) is 2.52. The molecule has 19 heavy (non-hydrogen) atoms. The number of nitrogens with one attached hydrogen (secondary N) is 1. The number of nitrogens with zero attached hydrogens (tertiary/aromatic N) is 1. The lowest BCUT2D eigenvalue weighted by molar-refractivity contribution is 0.137. The van der Waals surface area contributed by atoms with Gasteiger partial charge >= 0.3 is 0 Å². The maximum atomic E-state index is 9.44. The first-order valence-corrected chi connectivity index (χ1v) is 6.89. The van der Waals surface area contributed by atoms with Gasteiger partial charge in [-0.2, -0.15) is 0 Å². The maximum Gasteiger partial charge on any atom is 0.157 e. The summed E-state index contributed by atoms with van der Waals surface area (Å²) in [6.07, 6.45) is 2.44. The molecule has 1 heterocycles. The molecular weight excluding hydrogens is 240 g/mol. The van der Waals surface area contributed by atoms with E-state index < -0.39 is 0 Å². The average Bonchev–Trinajstić information content (AvgIpc) is 2.38. The molecule has 3 N–H and O–H groups in total. The highest BCUT2D eigenvalue weighted by molar-refractivity contribution is 5.40. The number of phenolic OH excluding ortho intramolecular Hbond substituents is 2. The van der Waals surface area contributed by atoms with Gasteiger partial charge in [0.1, 0.15) is 0 Å². The molecule has 0 bridgehead atoms. The van der Waals surface area contributed by atoms with Gasteiger partial charge in [0.15, 0.2) is 11.5 Å². The number of phenols is 2. The summed E-state index contributed by atoms with van der Waals surface area (Å²) in [7, 11) is 2.17. The van der Waals surface area contributed by atoms with Gasteiger partial charge in [0.2, 0.25) is 0 Å². The van der Waals surface area contributed by atoms with E-state index >= 15 is 0 Å². The lowest BCUT2D eigenvalue weighted by Crippen LogP contribution is -2.41. The molecule has 1 aromatic rings. The summed E-state index contributed by atoms with van der Waals surface area (Å²) in [5, 5.41) is 22.2. The Hall–Kier alpha value is -1.26. The second-order valence-corrected chi connectivity index (χ2v) is 6.04. The normalized spacial score (nSPS) is 19.5. The molecule has 106 valence electrons. The highest BCUT2D eigenvalue weighted by Crippen LogP contribution is 2.29. The van der Waals surface area contributed by atoms with Gasteiger partial charge in [-0.05, 0) is 56.1 Å². The first-order valence-electron chi connectivity index (χ1n) is 6.89. The molecule has 0 unspecified atom stereocenters. The van der Waals surface area contributed by atoms with Gasteiger partial charge < -0.3 is 20.4 Å². The molecule has 0 saturated carbocycles. The third kappa shape index (κ3) is 3.85. The van der Waals surface area contributed by atoms with E-state index in [1.54, 1.807) is 6.07 Å². The van der Waals surface area contributed by atoms with Crippen molar-refractivity contribution < 1.29 is 10.2 Å². The third-order valence-electron chi connectivity index (χ3n) is 4.11. The first kappa shape index (κ1) is 14.2. The Balaban J connectivity index is 1.81. The highest BCUT2D eigenvalue weighted by Gasteiger charge is 2.28. The van der Waals surface area contributed by atoms with Crippen molar-refractivity contribution in [3.05, 3.63) is 23.8 Å². The zero-order valence-electron chi connectivity index (χ0n) is 11.8. The van der Waals surface area contributed by atoms with E-state index in [2.05, 4.69) is 24.2 Å². The van der Waals surface area contributed by atoms with Crippen LogP contribution in [-0.2, 0) is 6.54 Å². The Morgan fingerprint density at radius 2 is 1.89 bits per heavy atom. The Bertz CT molecular complexity index is 426. The predicted molar refractivity (Wildman–Crippen MR) is 76.3 cm³/mol. The SMILES string of the molecule is CN1CCC(C)(CNCc2ccc(O)c(O)c2)CC1. The van der Waals surface area contributed by atoms with E-state index in [-0.39, 0.29) is 11.5 Å². The quantitative estimate of drug-likeness (QED) is 0.727. The van der Waals surface area contributed by atoms with Gasteiger partial charge in [0.25, 0.3) is 0 Å². The molecule has 0 aromatic heterocycles. The zero-order valence-corrected chi connectivity index (χ0v) is 11.8. The second kappa shape index (κ2) is 5.80. The van der Waals surface area contributed by atoms with E-state index in [0.29, 0.717) is 5.41 Å². The van der Waals surface area contributed by atoms with Crippen molar-refractivity contribution in [2.75, 3.05) is 26.7 Å². The predicted octanol–water partition coefficient (Wildman–Crippen LogP) is 1.92. The number of hydrogen-bond donors (Lipinski definition) is 3. The smallest absolute Gasteiger partial charge is 0.157 e. The van der Waals surface area contributed by atoms with Gasteiger partial charge in [-0.3, -0.25) is 0 Å². The van der Waals surface area contributed by atoms with Crippen molar-refractivity contribution in [1.82, 2.24) is 10.2 Å². The van der Waals surface area contributed by atoms with Crippen LogP contribution in [0.2, 0.25) is 0 Å². The molecular formula is C15H24N2O2. The summed E-state index contributed by atoms with van der Waals surface area (Å²) < 4.78 is 0. The van der Waals surface area contributed by atoms with Crippen molar-refractivity contribution in [2.24, 2.45) is 5.41 Å². The Kier molecular flexibility index (Phi) is 4.32. The van der Waals surface area contributed by atoms with E-state index in [9.17, 15) is 10.2 Å². The zero-order chi connectivity index (χ0) is 13.9. The van der Waals surface area contributed by atoms with Crippen molar-refractivity contribution in [3.63, 3.8) is 0 Å². The molecule has 4 heteroatoms. The fourth-order valence-corrected chi connectivity index (χ4v) is 2.52. The third-order valence-corrected chi connectivity index (χ3v) is 4.11. The molecule has 0 radical (unpaired) electrons. The molecule has 0 aliphatic carbocycles. The van der Waals surface area contributed by atoms with Crippen molar-refractivity contribution in [3.8, 4) is 11.5 Å². The molecule has 1 aromatic carbocycles. The van der Waals surface area contributed by atoms with Crippen LogP contribution in [0.25, 0.3) is 0 Å². The average molecular weight is 264 g/mol. The minimum absolute atomic E-state index is 0.0511. The van der Waals surface area contributed by atoms with Crippen LogP contribution in [0.1, 0.15) is 25.3 Å². The van der Waals surface area contributed by atoms with E-state index in [0.717, 1.165) is 31.7 Å². The van der Waals surface area contributed by atoms with E-state index in [4.69, 9.17) is 0 Å². The van der Waals surface area contributed by atoms with Crippen LogP contribution in [-0.4, -0.2) is 41.8 Å². The topological polar surface area (TPSA) is 55.7 Å². The Morgan fingerprint density at radius 1 is 1.21 bits per heavy atom. The molecule has 1 aliphatic rings. The first-order chi connectivity index (χ1) is 8.98. The van der Waals surface area contributed by atoms with Gasteiger partial charge in [-0.15, -0.1) is 0 Å². The standard InChI is InChI=1S/C15H24N2O2/c1-15(5-7-17(2)8-6-15)11-16-10-12-3-4-13(18)14(19)9-12/h3-4,9,16,18-19H,5-8,10-11H2,1-2H3. The van der Waals surface area contributed by atoms with Crippen molar-refractivity contribution in [1.29, 1.82) is 0 Å². The second-order valence-electron chi connectivity index (χ2n) is 6.04. The number of hydrogen-bond acceptors (Lipinski definition) is 4. The summed E-state index contributed by atoms with van der Waals surface area (Å²) >= 11 is 0. The molecule has 0 amide bonds. The Labute approximate surface area is 115 Å². The van der Waals surface area contributed by atoms with Crippen LogP contribution in [0.4, 0.5) is 0 Å². The van der Waals surface area contributed by atoms with Crippen LogP contribution >= 0.6 is 0 Å². The lowest BCUT2D eigenvalue weighted by atomic mass is 9.80. The summed E-state index contributed by atoms with van der Waals surface area (Å²) in [6.45, 7) is 6.37. The lowest BCUT2D eigenvalue weighted by Gasteiger charge is -2.38. The van der Waals surface area contributed by atoms with Crippen LogP contribution < -0.4 is 5.32 Å². The highest BCUT2D eigenvalue weighted by atomic mass is 16.3. The molecule has 0 spiro atoms. The van der Waals surface area contributed by atoms with Gasteiger partial charge in [0, 0.05) is 13.1 Å². The largest absolute Gasteiger partial charge is 0.504 e. The van der Waals surface area contributed by atoms with Gasteiger partial charge in [-0.1, -0.05) is 13.0 Å². The Morgan fingerprint density at radius 3 is 2.53 bits per heavy atom. The van der Waals surface area contributed by atoms with Crippen LogP contribution in [0, 0.1) is 5.41 Å². The van der Waals surface area contributed by atoms with Crippen LogP contribution in [0.15, 0.2) is 18.2 Å². The molecule has 1 fully saturated rings. The van der Waals surface area contributed by atoms with Crippen molar-refractivity contribution >= 4 is 0 Å². The summed E-state index contributed by atoms with van der Waals surface area (Å²) in [5.74, 6) is -0.115. The molecule has 0 atom stereocenters. The van der Waals surface area contributed by atoms with E-state index in [1.807, 2.05) is 6.07 Å². The molecule has 4 nitrogen and oxygen atoms in total. The fraction of sp³-hybridized carbons (Fsp3) is 0.600. The molecule has 1 aliphatic heterocycles. The monoisotopic (exact) mass is 264 g/mol. The van der Waals surface area contributed by atoms with Crippen molar-refractivity contribution in [2.45, 2.75) is 26.3 Å². The number of rotatable bonds is 4. The molecule has 2 rings (SSSR count). The van der Waals surface area contributed by atoms with Gasteiger partial charge in [0.05, 0.1) is 0 Å². The van der Waals surface area contributed by atoms with Crippen LogP contribution in [0.3, 0.4) is 0 Å². The summed E-state index contributed by atoms with van der Waals surface area (Å²) in [6, 6.07) is 4.97. The number of piperidine rings is 1. The minimum atomic E-state index is -0.0639. The van der Waals surface area contributed by atoms with Crippen LogP contribution in [0.5, 0.6) is 11.5 Å². The molecule has 1 saturated heterocycles. The number of aromatic hydroxyl groups is 2. The van der Waals surface area contributed by atoms with E-state index in [1.165, 1.54) is 18.9 Å². The number of likely N-dealkylation sites (tertiary alicyclic amines) is 1. The number of benzene rings is 1. The maximum absolute atomic E-state index is 9.44. The minimum Gasteiger partial charge on any atom is -0.504 e. The van der Waals surface area contributed by atoms with Gasteiger partial charge in [-0.25, -0.2) is 0 Å².